The lowest BCUT2D eigenvalue weighted by Gasteiger charge is -2.48. The first-order valence-corrected chi connectivity index (χ1v) is 37.7. The fourth-order valence-corrected chi connectivity index (χ4v) is 14.5. The lowest BCUT2D eigenvalue weighted by atomic mass is 9.65. The first-order valence-electron chi connectivity index (χ1n) is 37.7. The molecule has 48 heteroatoms. The molecule has 724 valence electrons. The van der Waals surface area contributed by atoms with E-state index in [9.17, 15) is 203 Å². The molecule has 0 saturated heterocycles. The zero-order valence-corrected chi connectivity index (χ0v) is 68.5. The van der Waals surface area contributed by atoms with E-state index in [4.69, 9.17) is 9.47 Å². The number of carbonyl (C=O) groups excluding carboxylic acids is 3. The van der Waals surface area contributed by atoms with Gasteiger partial charge in [-0.25, -0.2) is 0 Å². The molecule has 125 heavy (non-hydrogen) atoms. The molecule has 3 saturated carbocycles. The lowest BCUT2D eigenvalue weighted by Crippen LogP contribution is -2.70. The second-order valence-electron chi connectivity index (χ2n) is 33.9. The van der Waals surface area contributed by atoms with Crippen LogP contribution in [0.15, 0.2) is 54.6 Å². The van der Waals surface area contributed by atoms with Gasteiger partial charge in [0.1, 0.15) is 12.2 Å². The van der Waals surface area contributed by atoms with Crippen LogP contribution in [0.2, 0.25) is 0 Å². The maximum Gasteiger partial charge on any atom is 0.430 e. The molecule has 6 N–H and O–H groups in total. The van der Waals surface area contributed by atoms with E-state index in [0.717, 1.165) is 6.07 Å². The van der Waals surface area contributed by atoms with Gasteiger partial charge >= 0.3 is 92.0 Å². The zero-order chi connectivity index (χ0) is 98.8. The number of rotatable bonds is 18. The van der Waals surface area contributed by atoms with Crippen LogP contribution in [-0.4, -0.2) is 163 Å². The van der Waals surface area contributed by atoms with Gasteiger partial charge in [0.2, 0.25) is 0 Å². The highest BCUT2D eigenvalue weighted by atomic mass is 19.5. The highest BCUT2D eigenvalue weighted by molar-refractivity contribution is 5.95. The van der Waals surface area contributed by atoms with E-state index in [1.807, 2.05) is 20.8 Å². The van der Waals surface area contributed by atoms with Crippen LogP contribution in [0.25, 0.3) is 10.8 Å². The molecule has 9 atom stereocenters. The quantitative estimate of drug-likeness (QED) is 0.0401. The number of aliphatic hydroxyl groups is 6. The van der Waals surface area contributed by atoms with Crippen molar-refractivity contribution in [3.8, 4) is 0 Å². The van der Waals surface area contributed by atoms with Gasteiger partial charge in [-0.3, -0.25) is 14.4 Å². The first kappa shape index (κ1) is 113. The summed E-state index contributed by atoms with van der Waals surface area (Å²) >= 11 is 0. The Bertz CT molecular complexity index is 3970. The Kier molecular flexibility index (Phi) is 33.1. The van der Waals surface area contributed by atoms with Crippen LogP contribution in [0.1, 0.15) is 220 Å². The molecule has 0 spiro atoms. The molecule has 3 aromatic rings. The van der Waals surface area contributed by atoms with Gasteiger partial charge in [0, 0.05) is 23.0 Å². The monoisotopic (exact) mass is 1890 g/mol. The fourth-order valence-electron chi connectivity index (χ4n) is 14.5. The number of carbonyl (C=O) groups is 3. The minimum Gasteiger partial charge on any atom is -0.462 e. The van der Waals surface area contributed by atoms with E-state index in [0.29, 0.717) is 73.7 Å². The average Bonchev–Trinajstić information content (AvgIpc) is 1.71. The first-order chi connectivity index (χ1) is 55.2. The van der Waals surface area contributed by atoms with E-state index in [2.05, 4.69) is 4.74 Å². The van der Waals surface area contributed by atoms with Crippen LogP contribution in [0.5, 0.6) is 0 Å². The molecule has 3 fully saturated rings. The van der Waals surface area contributed by atoms with Gasteiger partial charge in [0.25, 0.3) is 33.6 Å². The Hall–Kier alpha value is -6.43. The van der Waals surface area contributed by atoms with Crippen LogP contribution < -0.4 is 0 Å². The lowest BCUT2D eigenvalue weighted by molar-refractivity contribution is -0.408. The molecule has 0 heterocycles. The minimum atomic E-state index is -6.58. The van der Waals surface area contributed by atoms with Crippen LogP contribution in [-0.2, 0) is 39.8 Å². The fraction of sp³-hybridized carbons (Fsp3) is 0.753. The third kappa shape index (κ3) is 22.1. The Morgan fingerprint density at radius 1 is 0.400 bits per heavy atom. The van der Waals surface area contributed by atoms with E-state index in [1.165, 1.54) is 71.9 Å². The van der Waals surface area contributed by atoms with E-state index in [1.54, 1.807) is 33.8 Å². The number of esters is 3. The smallest absolute Gasteiger partial charge is 0.430 e. The standard InChI is InChI=1S/C18H22F12O4.C17H24F6O3.C17H14F6O.C13H14F6O.C12H18F6O3/c1-4-12(2,3)11(31)34-10-6-8(13(32,15(19,20)21)16(22,23)24)5-9(7-10)14(33,17(25,26)27)18(28,29)30;1-4-14(2,3)13(24)26-12-7-9-5-10(11(12)6-9)8-15(25,16(18,19)20)17(21,22)23;1-8-9(2)11-6-7-13(12-5-3-4-10(8)14(11)12)15(24,16(18,19)20)17(21,22)23;1-3-8(2)9-4-6-10(7-5-9)11(20,12(14,15)16)13(17,18)19;1-6-8(2,3)7(19)21-9(4,5)10(20,11(13,14)15)12(16,17)18/h8-10,32-33H,4-7H2,1-3H3;9-12,25H,4-8H2,1-3H3;3-9,24H,1-2H3;4-8,20H,3H2,1-2H3;20H,6H2,1-5H3. The number of ether oxygens (including phenoxy) is 3. The van der Waals surface area contributed by atoms with Crippen molar-refractivity contribution in [2.45, 2.75) is 318 Å². The molecule has 0 amide bonds. The molecule has 2 bridgehead atoms. The van der Waals surface area contributed by atoms with Gasteiger partial charge in [-0.05, 0) is 189 Å². The predicted molar refractivity (Wildman–Crippen MR) is 368 cm³/mol. The summed E-state index contributed by atoms with van der Waals surface area (Å²) in [6.45, 7) is 21.2. The SMILES string of the molecule is CC1c2cccc3c(C(O)(C(F)(F)F)C(F)(F)F)ccc(c23)C1C.CCC(C)(C)C(=O)OC(C)(C)C(O)(C(F)(F)F)C(F)(F)F.CCC(C)(C)C(=O)OC1CC(C(O)(C(F)(F)F)C(F)(F)F)CC(C(O)(C(F)(F)F)C(F)(F)F)C1.CCC(C)(C)C(=O)OC1CC2CC(CC(O)(C(F)(F)F)C(F)(F)F)C1C2.CCC(C)c1ccc(C(O)(C(F)(F)F)C(F)(F)F)cc1. The topological polar surface area (TPSA) is 200 Å². The Morgan fingerprint density at radius 3 is 1.09 bits per heavy atom. The van der Waals surface area contributed by atoms with Crippen LogP contribution in [0.4, 0.5) is 158 Å². The third-order valence-corrected chi connectivity index (χ3v) is 24.2. The highest BCUT2D eigenvalue weighted by Gasteiger charge is 2.82. The van der Waals surface area contributed by atoms with Gasteiger partial charge in [-0.1, -0.05) is 103 Å². The Morgan fingerprint density at radius 2 is 0.760 bits per heavy atom. The van der Waals surface area contributed by atoms with Crippen molar-refractivity contribution in [2.75, 3.05) is 0 Å². The minimum absolute atomic E-state index is 0.00826. The van der Waals surface area contributed by atoms with Crippen LogP contribution in [0.3, 0.4) is 0 Å². The number of hydrogen-bond acceptors (Lipinski definition) is 12. The maximum absolute atomic E-state index is 13.3. The molecule has 0 aliphatic heterocycles. The van der Waals surface area contributed by atoms with Gasteiger partial charge in [0.15, 0.2) is 5.60 Å². The largest absolute Gasteiger partial charge is 0.462 e. The maximum atomic E-state index is 13.3. The van der Waals surface area contributed by atoms with Gasteiger partial charge in [-0.15, -0.1) is 0 Å². The summed E-state index contributed by atoms with van der Waals surface area (Å²) in [5.74, 6) is -11.5. The third-order valence-electron chi connectivity index (χ3n) is 24.2. The van der Waals surface area contributed by atoms with Crippen molar-refractivity contribution in [3.05, 3.63) is 82.4 Å². The summed E-state index contributed by atoms with van der Waals surface area (Å²) in [6.07, 6.45) is -81.0. The van der Waals surface area contributed by atoms with E-state index < -0.39 is 220 Å². The van der Waals surface area contributed by atoms with Crippen molar-refractivity contribution in [2.24, 2.45) is 45.8 Å². The molecular weight excluding hydrogens is 1800 g/mol. The predicted octanol–water partition coefficient (Wildman–Crippen LogP) is 23.6. The number of fused-ring (bicyclic) bond motifs is 2. The number of hydrogen-bond donors (Lipinski definition) is 6. The molecule has 7 rings (SSSR count). The Balaban J connectivity index is 0.000000408. The second-order valence-corrected chi connectivity index (χ2v) is 33.9. The molecule has 3 aromatic carbocycles. The highest BCUT2D eigenvalue weighted by Crippen LogP contribution is 2.62. The summed E-state index contributed by atoms with van der Waals surface area (Å²) in [5.41, 5.74) is -38.3. The molecular formula is C77H92F36O12. The molecule has 9 unspecified atom stereocenters. The Labute approximate surface area is 690 Å². The van der Waals surface area contributed by atoms with Crippen molar-refractivity contribution in [1.29, 1.82) is 0 Å². The van der Waals surface area contributed by atoms with Gasteiger partial charge < -0.3 is 44.8 Å². The van der Waals surface area contributed by atoms with Gasteiger partial charge in [0.05, 0.1) is 16.2 Å². The molecule has 4 aliphatic carbocycles. The average molecular weight is 1890 g/mol. The summed E-state index contributed by atoms with van der Waals surface area (Å²) < 4.78 is 484. The molecule has 12 nitrogen and oxygen atoms in total. The molecule has 4 aliphatic rings. The van der Waals surface area contributed by atoms with Crippen molar-refractivity contribution < 1.29 is 217 Å². The molecule has 0 aromatic heterocycles. The number of benzene rings is 3. The number of alkyl halides is 36. The summed E-state index contributed by atoms with van der Waals surface area (Å²) in [6, 6.07) is 10.0. The van der Waals surface area contributed by atoms with Gasteiger partial charge in [-0.2, -0.15) is 158 Å². The second kappa shape index (κ2) is 36.7. The normalized spacial score (nSPS) is 21.9. The summed E-state index contributed by atoms with van der Waals surface area (Å²) in [4.78, 5) is 36.2. The van der Waals surface area contributed by atoms with Crippen LogP contribution >= 0.6 is 0 Å². The zero-order valence-electron chi connectivity index (χ0n) is 68.5. The van der Waals surface area contributed by atoms with E-state index >= 15 is 0 Å². The van der Waals surface area contributed by atoms with Crippen molar-refractivity contribution >= 4 is 28.7 Å². The molecule has 0 radical (unpaired) electrons. The van der Waals surface area contributed by atoms with Crippen molar-refractivity contribution in [3.63, 3.8) is 0 Å². The number of halogens is 36. The summed E-state index contributed by atoms with van der Waals surface area (Å²) in [7, 11) is 0. The van der Waals surface area contributed by atoms with Crippen LogP contribution in [0, 0.1) is 45.8 Å². The summed E-state index contributed by atoms with van der Waals surface area (Å²) in [5, 5.41) is 57.1. The van der Waals surface area contributed by atoms with Crippen molar-refractivity contribution in [1.82, 2.24) is 0 Å². The van der Waals surface area contributed by atoms with E-state index in [-0.39, 0.29) is 48.3 Å².